The number of methoxy groups -OCH3 is 1. The number of ether oxygens (including phenoxy) is 1. The monoisotopic (exact) mass is 292 g/mol. The zero-order valence-corrected chi connectivity index (χ0v) is 12.8. The lowest BCUT2D eigenvalue weighted by Crippen LogP contribution is -2.45. The molecule has 2 rings (SSSR count). The zero-order chi connectivity index (χ0) is 15.1. The highest BCUT2D eigenvalue weighted by atomic mass is 16.5. The summed E-state index contributed by atoms with van der Waals surface area (Å²) in [6.45, 7) is 3.25. The molecule has 1 saturated heterocycles. The Morgan fingerprint density at radius 3 is 2.76 bits per heavy atom. The SMILES string of the molecule is CNC(=O)CN1CCC(NCc2ccc(OC)nc2)CC1. The summed E-state index contributed by atoms with van der Waals surface area (Å²) < 4.78 is 5.05. The van der Waals surface area contributed by atoms with Gasteiger partial charge in [-0.25, -0.2) is 4.98 Å². The van der Waals surface area contributed by atoms with Gasteiger partial charge in [-0.2, -0.15) is 0 Å². The van der Waals surface area contributed by atoms with Crippen LogP contribution in [0, 0.1) is 0 Å². The number of aromatic nitrogens is 1. The molecule has 0 aromatic carbocycles. The number of pyridine rings is 1. The maximum Gasteiger partial charge on any atom is 0.233 e. The first-order valence-corrected chi connectivity index (χ1v) is 7.36. The van der Waals surface area contributed by atoms with Crippen molar-refractivity contribution in [1.82, 2.24) is 20.5 Å². The molecule has 1 aliphatic rings. The van der Waals surface area contributed by atoms with Crippen molar-refractivity contribution >= 4 is 5.91 Å². The van der Waals surface area contributed by atoms with Crippen molar-refractivity contribution in [2.24, 2.45) is 0 Å². The van der Waals surface area contributed by atoms with E-state index in [1.165, 1.54) is 0 Å². The number of rotatable bonds is 6. The van der Waals surface area contributed by atoms with Crippen molar-refractivity contribution in [2.45, 2.75) is 25.4 Å². The van der Waals surface area contributed by atoms with Gasteiger partial charge in [0.05, 0.1) is 13.7 Å². The maximum absolute atomic E-state index is 11.3. The third-order valence-corrected chi connectivity index (χ3v) is 3.84. The number of nitrogens with zero attached hydrogens (tertiary/aromatic N) is 2. The predicted octanol–water partition coefficient (Wildman–Crippen LogP) is 0.390. The van der Waals surface area contributed by atoms with Crippen LogP contribution < -0.4 is 15.4 Å². The molecule has 6 heteroatoms. The molecule has 0 aliphatic carbocycles. The molecule has 6 nitrogen and oxygen atoms in total. The highest BCUT2D eigenvalue weighted by Crippen LogP contribution is 2.11. The zero-order valence-electron chi connectivity index (χ0n) is 12.8. The van der Waals surface area contributed by atoms with Crippen LogP contribution in [-0.2, 0) is 11.3 Å². The summed E-state index contributed by atoms with van der Waals surface area (Å²) in [5.41, 5.74) is 1.16. The molecule has 21 heavy (non-hydrogen) atoms. The molecule has 0 spiro atoms. The Bertz CT molecular complexity index is 441. The van der Waals surface area contributed by atoms with Gasteiger partial charge < -0.3 is 15.4 Å². The number of amides is 1. The molecule has 0 unspecified atom stereocenters. The Kier molecular flexibility index (Phi) is 5.95. The standard InChI is InChI=1S/C15H24N4O2/c1-16-14(20)11-19-7-5-13(6-8-19)17-9-12-3-4-15(21-2)18-10-12/h3-4,10,13,17H,5-9,11H2,1-2H3,(H,16,20). The van der Waals surface area contributed by atoms with E-state index >= 15 is 0 Å². The number of piperidine rings is 1. The summed E-state index contributed by atoms with van der Waals surface area (Å²) in [6.07, 6.45) is 3.98. The van der Waals surface area contributed by atoms with Gasteiger partial charge in [-0.05, 0) is 18.4 Å². The normalized spacial score (nSPS) is 16.7. The summed E-state index contributed by atoms with van der Waals surface area (Å²) in [7, 11) is 3.30. The van der Waals surface area contributed by atoms with E-state index in [2.05, 4.69) is 20.5 Å². The van der Waals surface area contributed by atoms with Crippen molar-refractivity contribution in [1.29, 1.82) is 0 Å². The van der Waals surface area contributed by atoms with Gasteiger partial charge >= 0.3 is 0 Å². The predicted molar refractivity (Wildman–Crippen MR) is 81.2 cm³/mol. The largest absolute Gasteiger partial charge is 0.481 e. The van der Waals surface area contributed by atoms with E-state index in [0.717, 1.165) is 38.0 Å². The van der Waals surface area contributed by atoms with Crippen LogP contribution in [0.1, 0.15) is 18.4 Å². The molecular formula is C15H24N4O2. The second-order valence-electron chi connectivity index (χ2n) is 5.31. The third kappa shape index (κ3) is 4.99. The number of likely N-dealkylation sites (N-methyl/N-ethyl adjacent to an activating group) is 1. The Balaban J connectivity index is 1.69. The lowest BCUT2D eigenvalue weighted by molar-refractivity contribution is -0.122. The van der Waals surface area contributed by atoms with Gasteiger partial charge in [0.25, 0.3) is 0 Å². The molecule has 1 aliphatic heterocycles. The van der Waals surface area contributed by atoms with E-state index in [4.69, 9.17) is 4.74 Å². The first kappa shape index (κ1) is 15.7. The van der Waals surface area contributed by atoms with Crippen LogP contribution in [0.15, 0.2) is 18.3 Å². The number of hydrogen-bond acceptors (Lipinski definition) is 5. The van der Waals surface area contributed by atoms with Crippen molar-refractivity contribution in [3.8, 4) is 5.88 Å². The van der Waals surface area contributed by atoms with E-state index in [1.807, 2.05) is 18.3 Å². The minimum absolute atomic E-state index is 0.0886. The van der Waals surface area contributed by atoms with E-state index < -0.39 is 0 Å². The Morgan fingerprint density at radius 1 is 1.43 bits per heavy atom. The van der Waals surface area contributed by atoms with Crippen molar-refractivity contribution in [3.05, 3.63) is 23.9 Å². The maximum atomic E-state index is 11.3. The fraction of sp³-hybridized carbons (Fsp3) is 0.600. The van der Waals surface area contributed by atoms with E-state index in [-0.39, 0.29) is 5.91 Å². The van der Waals surface area contributed by atoms with Crippen molar-refractivity contribution < 1.29 is 9.53 Å². The summed E-state index contributed by atoms with van der Waals surface area (Å²) in [5, 5.41) is 6.22. The average Bonchev–Trinajstić information content (AvgIpc) is 2.54. The fourth-order valence-corrected chi connectivity index (χ4v) is 2.48. The van der Waals surface area contributed by atoms with Crippen LogP contribution in [0.5, 0.6) is 5.88 Å². The van der Waals surface area contributed by atoms with Gasteiger partial charge in [-0.15, -0.1) is 0 Å². The lowest BCUT2D eigenvalue weighted by atomic mass is 10.0. The molecule has 1 amide bonds. The van der Waals surface area contributed by atoms with E-state index in [9.17, 15) is 4.79 Å². The average molecular weight is 292 g/mol. The third-order valence-electron chi connectivity index (χ3n) is 3.84. The van der Waals surface area contributed by atoms with Gasteiger partial charge in [-0.1, -0.05) is 6.07 Å². The number of hydrogen-bond donors (Lipinski definition) is 2. The van der Waals surface area contributed by atoms with Crippen LogP contribution >= 0.6 is 0 Å². The van der Waals surface area contributed by atoms with Crippen LogP contribution in [0.4, 0.5) is 0 Å². The Labute approximate surface area is 125 Å². The Hall–Kier alpha value is -1.66. The smallest absolute Gasteiger partial charge is 0.233 e. The molecule has 1 aromatic rings. The van der Waals surface area contributed by atoms with Crippen LogP contribution in [-0.4, -0.2) is 55.6 Å². The first-order valence-electron chi connectivity index (χ1n) is 7.36. The summed E-state index contributed by atoms with van der Waals surface area (Å²) >= 11 is 0. The Morgan fingerprint density at radius 2 is 2.19 bits per heavy atom. The van der Waals surface area contributed by atoms with Crippen molar-refractivity contribution in [3.63, 3.8) is 0 Å². The number of likely N-dealkylation sites (tertiary alicyclic amines) is 1. The summed E-state index contributed by atoms with van der Waals surface area (Å²) in [5.74, 6) is 0.729. The molecule has 2 N–H and O–H groups in total. The molecule has 0 atom stereocenters. The first-order chi connectivity index (χ1) is 10.2. The fourth-order valence-electron chi connectivity index (χ4n) is 2.48. The molecule has 1 aromatic heterocycles. The molecule has 0 bridgehead atoms. The number of carbonyl (C=O) groups is 1. The highest BCUT2D eigenvalue weighted by molar-refractivity contribution is 5.77. The lowest BCUT2D eigenvalue weighted by Gasteiger charge is -2.31. The van der Waals surface area contributed by atoms with Gasteiger partial charge in [0.1, 0.15) is 0 Å². The molecular weight excluding hydrogens is 268 g/mol. The van der Waals surface area contributed by atoms with Crippen LogP contribution in [0.25, 0.3) is 0 Å². The summed E-state index contributed by atoms with van der Waals surface area (Å²) in [4.78, 5) is 17.7. The molecule has 116 valence electrons. The minimum atomic E-state index is 0.0886. The van der Waals surface area contributed by atoms with E-state index in [0.29, 0.717) is 18.5 Å². The highest BCUT2D eigenvalue weighted by Gasteiger charge is 2.19. The van der Waals surface area contributed by atoms with Crippen LogP contribution in [0.3, 0.4) is 0 Å². The molecule has 0 saturated carbocycles. The molecule has 0 radical (unpaired) electrons. The minimum Gasteiger partial charge on any atom is -0.481 e. The summed E-state index contributed by atoms with van der Waals surface area (Å²) in [6, 6.07) is 4.41. The van der Waals surface area contributed by atoms with E-state index in [1.54, 1.807) is 14.2 Å². The second-order valence-corrected chi connectivity index (χ2v) is 5.31. The molecule has 1 fully saturated rings. The van der Waals surface area contributed by atoms with Crippen LogP contribution in [0.2, 0.25) is 0 Å². The topological polar surface area (TPSA) is 66.5 Å². The number of carbonyl (C=O) groups excluding carboxylic acids is 1. The van der Waals surface area contributed by atoms with Gasteiger partial charge in [0.15, 0.2) is 0 Å². The molecule has 2 heterocycles. The number of nitrogens with one attached hydrogen (secondary N) is 2. The van der Waals surface area contributed by atoms with Crippen molar-refractivity contribution in [2.75, 3.05) is 33.8 Å². The van der Waals surface area contributed by atoms with Gasteiger partial charge in [0, 0.05) is 45.0 Å². The quantitative estimate of drug-likeness (QED) is 0.794. The second kappa shape index (κ2) is 7.95. The van der Waals surface area contributed by atoms with Gasteiger partial charge in [-0.3, -0.25) is 9.69 Å². The van der Waals surface area contributed by atoms with Gasteiger partial charge in [0.2, 0.25) is 11.8 Å².